The second-order valence-electron chi connectivity index (χ2n) is 4.20. The molecule has 0 aliphatic heterocycles. The number of nitrogens with one attached hydrogen (secondary N) is 2. The molecule has 0 aliphatic carbocycles. The van der Waals surface area contributed by atoms with E-state index in [1.54, 1.807) is 0 Å². The lowest BCUT2D eigenvalue weighted by atomic mass is 10.1. The smallest absolute Gasteiger partial charge is 0.221 e. The maximum absolute atomic E-state index is 11.6. The van der Waals surface area contributed by atoms with Crippen molar-refractivity contribution in [3.05, 3.63) is 17.5 Å². The minimum atomic E-state index is 0.0119. The van der Waals surface area contributed by atoms with E-state index in [0.29, 0.717) is 6.42 Å². The zero-order chi connectivity index (χ0) is 12.8. The Morgan fingerprint density at radius 2 is 2.29 bits per heavy atom. The summed E-state index contributed by atoms with van der Waals surface area (Å²) in [4.78, 5) is 11.6. The van der Waals surface area contributed by atoms with E-state index in [0.717, 1.165) is 24.3 Å². The lowest BCUT2D eigenvalue weighted by Gasteiger charge is -2.13. The van der Waals surface area contributed by atoms with Crippen molar-refractivity contribution < 1.29 is 4.79 Å². The Labute approximate surface area is 103 Å². The van der Waals surface area contributed by atoms with Gasteiger partial charge in [-0.15, -0.1) is 0 Å². The molecule has 1 aromatic rings. The van der Waals surface area contributed by atoms with E-state index in [4.69, 9.17) is 0 Å². The molecule has 0 radical (unpaired) electrons. The molecule has 0 saturated carbocycles. The maximum atomic E-state index is 11.6. The number of amides is 1. The third-order valence-corrected chi connectivity index (χ3v) is 2.90. The van der Waals surface area contributed by atoms with Crippen molar-refractivity contribution in [3.8, 4) is 0 Å². The minimum Gasteiger partial charge on any atom is -0.349 e. The zero-order valence-corrected chi connectivity index (χ0v) is 11.1. The van der Waals surface area contributed by atoms with E-state index in [1.165, 1.54) is 0 Å². The molecule has 0 spiro atoms. The van der Waals surface area contributed by atoms with Crippen LogP contribution in [0.4, 0.5) is 0 Å². The van der Waals surface area contributed by atoms with Crippen LogP contribution in [0.15, 0.2) is 6.20 Å². The van der Waals surface area contributed by atoms with Crippen LogP contribution in [0.2, 0.25) is 0 Å². The van der Waals surface area contributed by atoms with Crippen LogP contribution in [0.3, 0.4) is 0 Å². The fourth-order valence-corrected chi connectivity index (χ4v) is 1.71. The van der Waals surface area contributed by atoms with Crippen LogP contribution in [-0.4, -0.2) is 28.8 Å². The second-order valence-corrected chi connectivity index (χ2v) is 4.20. The molecule has 1 heterocycles. The molecule has 5 heteroatoms. The van der Waals surface area contributed by atoms with Gasteiger partial charge in [-0.25, -0.2) is 0 Å². The van der Waals surface area contributed by atoms with E-state index < -0.39 is 0 Å². The fraction of sp³-hybridized carbons (Fsp3) is 0.667. The van der Waals surface area contributed by atoms with Crippen LogP contribution < -0.4 is 10.6 Å². The van der Waals surface area contributed by atoms with Gasteiger partial charge in [-0.1, -0.05) is 6.92 Å². The summed E-state index contributed by atoms with van der Waals surface area (Å²) in [6, 6.07) is 0.0119. The number of nitrogens with zero attached hydrogens (tertiary/aromatic N) is 2. The number of rotatable bonds is 6. The molecule has 0 bridgehead atoms. The number of aromatic nitrogens is 2. The highest BCUT2D eigenvalue weighted by Gasteiger charge is 2.13. The van der Waals surface area contributed by atoms with E-state index in [2.05, 4.69) is 15.7 Å². The van der Waals surface area contributed by atoms with E-state index in [9.17, 15) is 4.79 Å². The Bertz CT molecular complexity index is 373. The van der Waals surface area contributed by atoms with E-state index in [-0.39, 0.29) is 11.9 Å². The number of carbonyl (C=O) groups excluding carboxylic acids is 1. The predicted molar refractivity (Wildman–Crippen MR) is 67.7 cm³/mol. The van der Waals surface area contributed by atoms with Crippen molar-refractivity contribution >= 4 is 5.91 Å². The van der Waals surface area contributed by atoms with Crippen molar-refractivity contribution in [1.82, 2.24) is 20.4 Å². The summed E-state index contributed by atoms with van der Waals surface area (Å²) in [5, 5.41) is 10.3. The first-order valence-corrected chi connectivity index (χ1v) is 6.04. The topological polar surface area (TPSA) is 59.0 Å². The molecule has 1 unspecified atom stereocenters. The summed E-state index contributed by atoms with van der Waals surface area (Å²) >= 11 is 0. The van der Waals surface area contributed by atoms with Crippen LogP contribution >= 0.6 is 0 Å². The van der Waals surface area contributed by atoms with Crippen molar-refractivity contribution in [2.45, 2.75) is 33.2 Å². The van der Waals surface area contributed by atoms with Gasteiger partial charge in [0.05, 0.1) is 12.2 Å². The number of aryl methyl sites for hydroxylation is 1. The summed E-state index contributed by atoms with van der Waals surface area (Å²) in [6.07, 6.45) is 2.32. The van der Waals surface area contributed by atoms with Crippen LogP contribution in [0, 0.1) is 6.92 Å². The molecule has 0 aromatic carbocycles. The SMILES string of the molecule is CCNCCC(=O)NC(C)c1cnn(C)c1C. The third kappa shape index (κ3) is 3.85. The molecule has 0 aliphatic rings. The molecule has 0 fully saturated rings. The van der Waals surface area contributed by atoms with Gasteiger partial charge in [0.15, 0.2) is 0 Å². The van der Waals surface area contributed by atoms with Crippen LogP contribution in [0.5, 0.6) is 0 Å². The van der Waals surface area contributed by atoms with Gasteiger partial charge in [-0.05, 0) is 20.4 Å². The number of carbonyl (C=O) groups is 1. The molecule has 2 N–H and O–H groups in total. The van der Waals surface area contributed by atoms with E-state index >= 15 is 0 Å². The molecule has 17 heavy (non-hydrogen) atoms. The van der Waals surface area contributed by atoms with E-state index in [1.807, 2.05) is 38.7 Å². The summed E-state index contributed by atoms with van der Waals surface area (Å²) in [5.74, 6) is 0.0710. The highest BCUT2D eigenvalue weighted by atomic mass is 16.1. The highest BCUT2D eigenvalue weighted by Crippen LogP contribution is 2.15. The second kappa shape index (κ2) is 6.39. The first kappa shape index (κ1) is 13.7. The van der Waals surface area contributed by atoms with Gasteiger partial charge in [-0.2, -0.15) is 5.10 Å². The molecule has 1 amide bonds. The summed E-state index contributed by atoms with van der Waals surface area (Å²) in [5.41, 5.74) is 2.16. The van der Waals surface area contributed by atoms with Crippen molar-refractivity contribution in [2.24, 2.45) is 7.05 Å². The quantitative estimate of drug-likeness (QED) is 0.724. The Balaban J connectivity index is 2.46. The molecular formula is C12H22N4O. The van der Waals surface area contributed by atoms with Crippen molar-refractivity contribution in [2.75, 3.05) is 13.1 Å². The average molecular weight is 238 g/mol. The van der Waals surface area contributed by atoms with Crippen LogP contribution in [-0.2, 0) is 11.8 Å². The Kier molecular flexibility index (Phi) is 5.15. The predicted octanol–water partition coefficient (Wildman–Crippen LogP) is 0.905. The third-order valence-electron chi connectivity index (χ3n) is 2.90. The molecular weight excluding hydrogens is 216 g/mol. The molecule has 5 nitrogen and oxygen atoms in total. The maximum Gasteiger partial charge on any atom is 0.221 e. The standard InChI is InChI=1S/C12H22N4O/c1-5-13-7-6-12(17)15-9(2)11-8-14-16(4)10(11)3/h8-9,13H,5-7H2,1-4H3,(H,15,17). The summed E-state index contributed by atoms with van der Waals surface area (Å²) < 4.78 is 1.82. The Hall–Kier alpha value is -1.36. The molecule has 1 rings (SSSR count). The molecule has 96 valence electrons. The number of hydrogen-bond acceptors (Lipinski definition) is 3. The monoisotopic (exact) mass is 238 g/mol. The zero-order valence-electron chi connectivity index (χ0n) is 11.1. The molecule has 1 atom stereocenters. The largest absolute Gasteiger partial charge is 0.349 e. The first-order valence-electron chi connectivity index (χ1n) is 6.04. The molecule has 1 aromatic heterocycles. The highest BCUT2D eigenvalue weighted by molar-refractivity contribution is 5.76. The summed E-state index contributed by atoms with van der Waals surface area (Å²) in [7, 11) is 1.90. The van der Waals surface area contributed by atoms with Crippen LogP contribution in [0.25, 0.3) is 0 Å². The van der Waals surface area contributed by atoms with Gasteiger partial charge >= 0.3 is 0 Å². The summed E-state index contributed by atoms with van der Waals surface area (Å²) in [6.45, 7) is 7.63. The lowest BCUT2D eigenvalue weighted by Crippen LogP contribution is -2.30. The van der Waals surface area contributed by atoms with Gasteiger partial charge in [-0.3, -0.25) is 9.48 Å². The number of hydrogen-bond donors (Lipinski definition) is 2. The van der Waals surface area contributed by atoms with Gasteiger partial charge < -0.3 is 10.6 Å². The van der Waals surface area contributed by atoms with Gasteiger partial charge in [0.1, 0.15) is 0 Å². The van der Waals surface area contributed by atoms with Gasteiger partial charge in [0.2, 0.25) is 5.91 Å². The minimum absolute atomic E-state index is 0.0119. The first-order chi connectivity index (χ1) is 8.06. The van der Waals surface area contributed by atoms with Gasteiger partial charge in [0, 0.05) is 31.3 Å². The fourth-order valence-electron chi connectivity index (χ4n) is 1.71. The Morgan fingerprint density at radius 1 is 1.59 bits per heavy atom. The van der Waals surface area contributed by atoms with Gasteiger partial charge in [0.25, 0.3) is 0 Å². The van der Waals surface area contributed by atoms with Crippen molar-refractivity contribution in [3.63, 3.8) is 0 Å². The Morgan fingerprint density at radius 3 is 2.82 bits per heavy atom. The average Bonchev–Trinajstić information content (AvgIpc) is 2.60. The normalized spacial score (nSPS) is 12.5. The lowest BCUT2D eigenvalue weighted by molar-refractivity contribution is -0.121. The van der Waals surface area contributed by atoms with Crippen LogP contribution in [0.1, 0.15) is 37.6 Å². The molecule has 0 saturated heterocycles. The van der Waals surface area contributed by atoms with Crippen molar-refractivity contribution in [1.29, 1.82) is 0 Å².